The van der Waals surface area contributed by atoms with E-state index in [1.807, 2.05) is 37.3 Å². The molecule has 3 aromatic carbocycles. The van der Waals surface area contributed by atoms with Crippen molar-refractivity contribution in [1.29, 1.82) is 0 Å². The van der Waals surface area contributed by atoms with Crippen molar-refractivity contribution in [2.75, 3.05) is 17.2 Å². The number of aryl methyl sites for hydroxylation is 1. The van der Waals surface area contributed by atoms with E-state index in [0.29, 0.717) is 34.9 Å². The van der Waals surface area contributed by atoms with Crippen LogP contribution in [0.3, 0.4) is 0 Å². The zero-order chi connectivity index (χ0) is 23.6. The predicted molar refractivity (Wildman–Crippen MR) is 136 cm³/mol. The number of ether oxygens (including phenoxy) is 1. The number of hydrogen-bond donors (Lipinski definition) is 3. The first kappa shape index (κ1) is 23.9. The van der Waals surface area contributed by atoms with Crippen LogP contribution < -0.4 is 20.7 Å². The van der Waals surface area contributed by atoms with Crippen LogP contribution in [0.15, 0.2) is 72.8 Å². The fraction of sp³-hybridized carbons (Fsp3) is 0.192. The van der Waals surface area contributed by atoms with Crippen LogP contribution in [0.5, 0.6) is 5.75 Å². The zero-order valence-corrected chi connectivity index (χ0v) is 19.5. The van der Waals surface area contributed by atoms with Crippen LogP contribution in [0.4, 0.5) is 11.4 Å². The predicted octanol–water partition coefficient (Wildman–Crippen LogP) is 5.55. The Morgan fingerprint density at radius 2 is 1.64 bits per heavy atom. The van der Waals surface area contributed by atoms with Gasteiger partial charge in [0.05, 0.1) is 12.2 Å². The van der Waals surface area contributed by atoms with Crippen molar-refractivity contribution in [3.8, 4) is 5.75 Å². The highest BCUT2D eigenvalue weighted by Gasteiger charge is 2.14. The normalized spacial score (nSPS) is 10.2. The minimum atomic E-state index is -0.344. The third-order valence-corrected chi connectivity index (χ3v) is 5.09. The molecule has 0 unspecified atom stereocenters. The molecule has 0 saturated carbocycles. The lowest BCUT2D eigenvalue weighted by Gasteiger charge is -2.14. The van der Waals surface area contributed by atoms with Gasteiger partial charge in [0.1, 0.15) is 5.75 Å². The number of nitrogens with one attached hydrogen (secondary N) is 3. The molecule has 0 aliphatic heterocycles. The number of unbranched alkanes of at least 4 members (excludes halogenated alkanes) is 1. The summed E-state index contributed by atoms with van der Waals surface area (Å²) in [4.78, 5) is 25.1. The molecule has 3 N–H and O–H groups in total. The molecule has 0 aromatic heterocycles. The molecular weight excluding hydrogens is 434 g/mol. The van der Waals surface area contributed by atoms with Crippen LogP contribution in [0.1, 0.15) is 46.0 Å². The third kappa shape index (κ3) is 6.89. The summed E-state index contributed by atoms with van der Waals surface area (Å²) >= 11 is 5.32. The number of thiocarbonyl (C=S) groups is 1. The Morgan fingerprint density at radius 3 is 2.36 bits per heavy atom. The summed E-state index contributed by atoms with van der Waals surface area (Å²) in [6, 6.07) is 21.5. The number of amides is 2. The van der Waals surface area contributed by atoms with Gasteiger partial charge in [0.25, 0.3) is 11.8 Å². The van der Waals surface area contributed by atoms with Crippen molar-refractivity contribution in [3.63, 3.8) is 0 Å². The maximum Gasteiger partial charge on any atom is 0.261 e. The van der Waals surface area contributed by atoms with E-state index in [4.69, 9.17) is 17.0 Å². The molecule has 0 bridgehead atoms. The molecule has 0 aliphatic carbocycles. The SMILES string of the molecule is CCCCOc1ccccc1C(=O)NC(=S)Nc1ccc(NC(=O)c2ccccc2)c(C)c1. The Kier molecular flexibility index (Phi) is 8.55. The van der Waals surface area contributed by atoms with Crippen LogP contribution in [0, 0.1) is 6.92 Å². The van der Waals surface area contributed by atoms with Gasteiger partial charge in [0, 0.05) is 16.9 Å². The zero-order valence-electron chi connectivity index (χ0n) is 18.7. The monoisotopic (exact) mass is 461 g/mol. The number of hydrogen-bond acceptors (Lipinski definition) is 4. The maximum absolute atomic E-state index is 12.7. The molecule has 0 aliphatic rings. The van der Waals surface area contributed by atoms with E-state index in [-0.39, 0.29) is 16.9 Å². The molecule has 0 saturated heterocycles. The Labute approximate surface area is 199 Å². The second-order valence-electron chi connectivity index (χ2n) is 7.46. The highest BCUT2D eigenvalue weighted by Crippen LogP contribution is 2.21. The first-order valence-corrected chi connectivity index (χ1v) is 11.2. The van der Waals surface area contributed by atoms with Crippen molar-refractivity contribution in [3.05, 3.63) is 89.5 Å². The first-order chi connectivity index (χ1) is 16.0. The van der Waals surface area contributed by atoms with Gasteiger partial charge in [-0.1, -0.05) is 43.7 Å². The van der Waals surface area contributed by atoms with Crippen LogP contribution >= 0.6 is 12.2 Å². The van der Waals surface area contributed by atoms with Crippen LogP contribution in [0.25, 0.3) is 0 Å². The lowest BCUT2D eigenvalue weighted by Crippen LogP contribution is -2.34. The van der Waals surface area contributed by atoms with E-state index >= 15 is 0 Å². The summed E-state index contributed by atoms with van der Waals surface area (Å²) in [7, 11) is 0. The van der Waals surface area contributed by atoms with E-state index in [1.54, 1.807) is 42.5 Å². The van der Waals surface area contributed by atoms with Crippen LogP contribution in [0.2, 0.25) is 0 Å². The number of carbonyl (C=O) groups excluding carboxylic acids is 2. The fourth-order valence-corrected chi connectivity index (χ4v) is 3.32. The number of anilines is 2. The Balaban J connectivity index is 1.60. The molecule has 0 heterocycles. The lowest BCUT2D eigenvalue weighted by atomic mass is 10.1. The average molecular weight is 462 g/mol. The maximum atomic E-state index is 12.7. The number of para-hydroxylation sites is 1. The number of rotatable bonds is 8. The Morgan fingerprint density at radius 1 is 0.909 bits per heavy atom. The second-order valence-corrected chi connectivity index (χ2v) is 7.86. The van der Waals surface area contributed by atoms with Gasteiger partial charge in [-0.25, -0.2) is 0 Å². The van der Waals surface area contributed by atoms with Crippen LogP contribution in [-0.2, 0) is 0 Å². The second kappa shape index (κ2) is 11.8. The molecule has 7 heteroatoms. The lowest BCUT2D eigenvalue weighted by molar-refractivity contribution is 0.0972. The highest BCUT2D eigenvalue weighted by molar-refractivity contribution is 7.80. The summed E-state index contributed by atoms with van der Waals surface area (Å²) in [5, 5.41) is 8.78. The topological polar surface area (TPSA) is 79.5 Å². The average Bonchev–Trinajstić information content (AvgIpc) is 2.81. The fourth-order valence-electron chi connectivity index (χ4n) is 3.11. The third-order valence-electron chi connectivity index (χ3n) is 4.88. The summed E-state index contributed by atoms with van der Waals surface area (Å²) in [6.07, 6.45) is 1.92. The Bertz CT molecular complexity index is 1130. The molecule has 3 aromatic rings. The molecule has 33 heavy (non-hydrogen) atoms. The van der Waals surface area contributed by atoms with E-state index in [9.17, 15) is 9.59 Å². The molecule has 0 radical (unpaired) electrons. The molecule has 2 amide bonds. The largest absolute Gasteiger partial charge is 0.493 e. The van der Waals surface area contributed by atoms with E-state index < -0.39 is 0 Å². The van der Waals surface area contributed by atoms with Gasteiger partial charge in [-0.3, -0.25) is 14.9 Å². The van der Waals surface area contributed by atoms with Gasteiger partial charge in [0.2, 0.25) is 0 Å². The molecule has 170 valence electrons. The van der Waals surface area contributed by atoms with E-state index in [1.165, 1.54) is 0 Å². The molecule has 6 nitrogen and oxygen atoms in total. The van der Waals surface area contributed by atoms with Crippen molar-refractivity contribution < 1.29 is 14.3 Å². The summed E-state index contributed by atoms with van der Waals surface area (Å²) < 4.78 is 5.73. The van der Waals surface area contributed by atoms with Crippen molar-refractivity contribution in [2.24, 2.45) is 0 Å². The van der Waals surface area contributed by atoms with Crippen LogP contribution in [-0.4, -0.2) is 23.5 Å². The van der Waals surface area contributed by atoms with Gasteiger partial charge in [-0.15, -0.1) is 0 Å². The van der Waals surface area contributed by atoms with Gasteiger partial charge < -0.3 is 15.4 Å². The molecular formula is C26H27N3O3S. The van der Waals surface area contributed by atoms with Gasteiger partial charge >= 0.3 is 0 Å². The standard InChI is InChI=1S/C26H27N3O3S/c1-3-4-16-32-23-13-9-8-12-21(23)25(31)29-26(33)27-20-14-15-22(18(2)17-20)28-24(30)19-10-6-5-7-11-19/h5-15,17H,3-4,16H2,1-2H3,(H,28,30)(H2,27,29,31,33). The summed E-state index contributed by atoms with van der Waals surface area (Å²) in [5.74, 6) is 0.00526. The van der Waals surface area contributed by atoms with Crippen molar-refractivity contribution in [1.82, 2.24) is 5.32 Å². The molecule has 0 atom stereocenters. The van der Waals surface area contributed by atoms with E-state index in [0.717, 1.165) is 18.4 Å². The van der Waals surface area contributed by atoms with Gasteiger partial charge in [-0.05, 0) is 73.6 Å². The minimum absolute atomic E-state index is 0.170. The highest BCUT2D eigenvalue weighted by atomic mass is 32.1. The number of carbonyl (C=O) groups is 2. The molecule has 3 rings (SSSR count). The smallest absolute Gasteiger partial charge is 0.261 e. The minimum Gasteiger partial charge on any atom is -0.493 e. The van der Waals surface area contributed by atoms with Gasteiger partial charge in [0.15, 0.2) is 5.11 Å². The quantitative estimate of drug-likeness (QED) is 0.303. The Hall–Kier alpha value is -3.71. The van der Waals surface area contributed by atoms with Gasteiger partial charge in [-0.2, -0.15) is 0 Å². The first-order valence-electron chi connectivity index (χ1n) is 10.8. The summed E-state index contributed by atoms with van der Waals surface area (Å²) in [6.45, 7) is 4.52. The molecule has 0 fully saturated rings. The summed E-state index contributed by atoms with van der Waals surface area (Å²) in [5.41, 5.74) is 3.26. The van der Waals surface area contributed by atoms with E-state index in [2.05, 4.69) is 22.9 Å². The number of benzene rings is 3. The molecule has 0 spiro atoms. The van der Waals surface area contributed by atoms with Crippen molar-refractivity contribution >= 4 is 40.5 Å². The van der Waals surface area contributed by atoms with Crippen molar-refractivity contribution in [2.45, 2.75) is 26.7 Å².